The van der Waals surface area contributed by atoms with E-state index in [1.165, 1.54) is 24.6 Å². The lowest BCUT2D eigenvalue weighted by molar-refractivity contribution is 0.0694. The van der Waals surface area contributed by atoms with Crippen molar-refractivity contribution in [2.45, 2.75) is 22.5 Å². The molecule has 0 spiro atoms. The summed E-state index contributed by atoms with van der Waals surface area (Å²) in [5, 5.41) is 12.6. The van der Waals surface area contributed by atoms with Crippen LogP contribution in [0.5, 0.6) is 0 Å². The predicted octanol–water partition coefficient (Wildman–Crippen LogP) is 3.41. The zero-order valence-electron chi connectivity index (χ0n) is 10.5. The van der Waals surface area contributed by atoms with Gasteiger partial charge in [-0.3, -0.25) is 0 Å². The molecule has 1 saturated carbocycles. The number of carboxylic acids is 1. The molecular weight excluding hydrogens is 266 g/mol. The number of carboxylic acid groups (broad SMARTS) is 1. The number of benzene rings is 1. The SMILES string of the molecule is CSc1cccc(NCC2(SC)CC2)c1C(=O)O. The maximum Gasteiger partial charge on any atom is 0.338 e. The van der Waals surface area contributed by atoms with Crippen molar-refractivity contribution in [3.05, 3.63) is 23.8 Å². The smallest absolute Gasteiger partial charge is 0.338 e. The van der Waals surface area contributed by atoms with E-state index in [0.29, 0.717) is 10.3 Å². The first kappa shape index (κ1) is 13.6. The van der Waals surface area contributed by atoms with Gasteiger partial charge in [-0.25, -0.2) is 4.79 Å². The Kier molecular flexibility index (Phi) is 4.12. The van der Waals surface area contributed by atoms with Crippen LogP contribution in [0.2, 0.25) is 0 Å². The molecule has 0 heterocycles. The third kappa shape index (κ3) is 2.78. The topological polar surface area (TPSA) is 49.3 Å². The van der Waals surface area contributed by atoms with Crippen molar-refractivity contribution < 1.29 is 9.90 Å². The zero-order chi connectivity index (χ0) is 13.2. The third-order valence-electron chi connectivity index (χ3n) is 3.30. The molecule has 1 aromatic carbocycles. The molecule has 2 rings (SSSR count). The van der Waals surface area contributed by atoms with Gasteiger partial charge in [-0.05, 0) is 37.5 Å². The van der Waals surface area contributed by atoms with Crippen LogP contribution in [0.4, 0.5) is 5.69 Å². The van der Waals surface area contributed by atoms with E-state index in [0.717, 1.165) is 17.1 Å². The predicted molar refractivity (Wildman–Crippen MR) is 79.2 cm³/mol. The molecule has 0 amide bonds. The van der Waals surface area contributed by atoms with Gasteiger partial charge >= 0.3 is 5.97 Å². The van der Waals surface area contributed by atoms with Crippen molar-refractivity contribution in [3.8, 4) is 0 Å². The van der Waals surface area contributed by atoms with Crippen LogP contribution in [-0.2, 0) is 0 Å². The van der Waals surface area contributed by atoms with Crippen LogP contribution in [-0.4, -0.2) is 34.9 Å². The molecule has 98 valence electrons. The maximum atomic E-state index is 11.4. The highest BCUT2D eigenvalue weighted by Gasteiger charge is 2.41. The molecule has 0 unspecified atom stereocenters. The van der Waals surface area contributed by atoms with E-state index >= 15 is 0 Å². The Labute approximate surface area is 116 Å². The molecule has 2 N–H and O–H groups in total. The monoisotopic (exact) mass is 283 g/mol. The van der Waals surface area contributed by atoms with Crippen molar-refractivity contribution >= 4 is 35.2 Å². The molecule has 5 heteroatoms. The second kappa shape index (κ2) is 5.45. The van der Waals surface area contributed by atoms with Gasteiger partial charge in [0.15, 0.2) is 0 Å². The van der Waals surface area contributed by atoms with Gasteiger partial charge in [-0.2, -0.15) is 11.8 Å². The molecule has 0 aliphatic heterocycles. The minimum absolute atomic E-state index is 0.325. The number of nitrogens with one attached hydrogen (secondary N) is 1. The highest BCUT2D eigenvalue weighted by atomic mass is 32.2. The molecule has 0 bridgehead atoms. The molecule has 0 atom stereocenters. The van der Waals surface area contributed by atoms with Crippen LogP contribution in [0.25, 0.3) is 0 Å². The van der Waals surface area contributed by atoms with Crippen molar-refractivity contribution in [3.63, 3.8) is 0 Å². The van der Waals surface area contributed by atoms with E-state index in [9.17, 15) is 9.90 Å². The lowest BCUT2D eigenvalue weighted by Gasteiger charge is -2.16. The van der Waals surface area contributed by atoms with E-state index in [-0.39, 0.29) is 0 Å². The Hall–Kier alpha value is -0.810. The number of rotatable bonds is 6. The second-order valence-electron chi connectivity index (χ2n) is 4.43. The first-order valence-electron chi connectivity index (χ1n) is 5.81. The summed E-state index contributed by atoms with van der Waals surface area (Å²) in [5.41, 5.74) is 1.12. The number of thioether (sulfide) groups is 2. The molecule has 1 aromatic rings. The Morgan fingerprint density at radius 3 is 2.67 bits per heavy atom. The minimum Gasteiger partial charge on any atom is -0.478 e. The van der Waals surface area contributed by atoms with Gasteiger partial charge in [-0.15, -0.1) is 11.8 Å². The van der Waals surface area contributed by atoms with Gasteiger partial charge < -0.3 is 10.4 Å². The van der Waals surface area contributed by atoms with Crippen molar-refractivity contribution in [1.29, 1.82) is 0 Å². The van der Waals surface area contributed by atoms with Crippen molar-refractivity contribution in [1.82, 2.24) is 0 Å². The average molecular weight is 283 g/mol. The van der Waals surface area contributed by atoms with Gasteiger partial charge in [0.05, 0.1) is 5.56 Å². The summed E-state index contributed by atoms with van der Waals surface area (Å²) in [5.74, 6) is -0.864. The van der Waals surface area contributed by atoms with Crippen molar-refractivity contribution in [2.75, 3.05) is 24.4 Å². The minimum atomic E-state index is -0.864. The van der Waals surface area contributed by atoms with E-state index < -0.39 is 5.97 Å². The molecule has 1 fully saturated rings. The van der Waals surface area contributed by atoms with Crippen LogP contribution in [0.3, 0.4) is 0 Å². The fraction of sp³-hybridized carbons (Fsp3) is 0.462. The second-order valence-corrected chi connectivity index (χ2v) is 6.55. The Balaban J connectivity index is 2.19. The maximum absolute atomic E-state index is 11.4. The molecule has 1 aliphatic rings. The Bertz CT molecular complexity index is 458. The first-order valence-corrected chi connectivity index (χ1v) is 8.26. The average Bonchev–Trinajstić information content (AvgIpc) is 3.16. The Morgan fingerprint density at radius 1 is 1.44 bits per heavy atom. The summed E-state index contributed by atoms with van der Waals surface area (Å²) in [6, 6.07) is 5.60. The highest BCUT2D eigenvalue weighted by Crippen LogP contribution is 2.47. The standard InChI is InChI=1S/C13H17NO2S2/c1-17-10-5-3-4-9(11(10)12(15)16)14-8-13(18-2)6-7-13/h3-5,14H,6-8H2,1-2H3,(H,15,16). The van der Waals surface area contributed by atoms with Crippen LogP contribution < -0.4 is 5.32 Å². The number of anilines is 1. The summed E-state index contributed by atoms with van der Waals surface area (Å²) in [4.78, 5) is 12.2. The lowest BCUT2D eigenvalue weighted by atomic mass is 10.1. The molecule has 0 aromatic heterocycles. The fourth-order valence-corrected chi connectivity index (χ4v) is 3.26. The van der Waals surface area contributed by atoms with Gasteiger partial charge in [-0.1, -0.05) is 6.07 Å². The largest absolute Gasteiger partial charge is 0.478 e. The molecule has 18 heavy (non-hydrogen) atoms. The molecular formula is C13H17NO2S2. The first-order chi connectivity index (χ1) is 8.62. The van der Waals surface area contributed by atoms with Gasteiger partial charge in [0.2, 0.25) is 0 Å². The fourth-order valence-electron chi connectivity index (χ4n) is 1.92. The van der Waals surface area contributed by atoms with Gasteiger partial charge in [0.25, 0.3) is 0 Å². The van der Waals surface area contributed by atoms with E-state index in [4.69, 9.17) is 0 Å². The number of hydrogen-bond acceptors (Lipinski definition) is 4. The van der Waals surface area contributed by atoms with E-state index in [1.54, 1.807) is 0 Å². The van der Waals surface area contributed by atoms with Crippen LogP contribution in [0.15, 0.2) is 23.1 Å². The summed E-state index contributed by atoms with van der Waals surface area (Å²) in [6.45, 7) is 0.840. The normalized spacial score (nSPS) is 16.3. The Morgan fingerprint density at radius 2 is 2.17 bits per heavy atom. The zero-order valence-corrected chi connectivity index (χ0v) is 12.2. The van der Waals surface area contributed by atoms with Crippen LogP contribution >= 0.6 is 23.5 Å². The quantitative estimate of drug-likeness (QED) is 0.784. The highest BCUT2D eigenvalue weighted by molar-refractivity contribution is 8.00. The van der Waals surface area contributed by atoms with Crippen molar-refractivity contribution in [2.24, 2.45) is 0 Å². The summed E-state index contributed by atoms with van der Waals surface area (Å²) < 4.78 is 0.325. The number of carbonyl (C=O) groups is 1. The lowest BCUT2D eigenvalue weighted by Crippen LogP contribution is -2.19. The third-order valence-corrected chi connectivity index (χ3v) is 5.50. The number of hydrogen-bond donors (Lipinski definition) is 2. The molecule has 3 nitrogen and oxygen atoms in total. The van der Waals surface area contributed by atoms with Crippen LogP contribution in [0.1, 0.15) is 23.2 Å². The van der Waals surface area contributed by atoms with Crippen LogP contribution in [0, 0.1) is 0 Å². The van der Waals surface area contributed by atoms with Gasteiger partial charge in [0.1, 0.15) is 0 Å². The van der Waals surface area contributed by atoms with Gasteiger partial charge in [0, 0.05) is 21.9 Å². The van der Waals surface area contributed by atoms with E-state index in [2.05, 4.69) is 11.6 Å². The molecule has 0 radical (unpaired) electrons. The number of aromatic carboxylic acids is 1. The summed E-state index contributed by atoms with van der Waals surface area (Å²) in [7, 11) is 0. The summed E-state index contributed by atoms with van der Waals surface area (Å²) in [6.07, 6.45) is 6.44. The molecule has 1 aliphatic carbocycles. The van der Waals surface area contributed by atoms with E-state index in [1.807, 2.05) is 36.2 Å². The summed E-state index contributed by atoms with van der Waals surface area (Å²) >= 11 is 3.33. The molecule has 0 saturated heterocycles.